The van der Waals surface area contributed by atoms with Crippen molar-refractivity contribution in [2.45, 2.75) is 44.8 Å². The SMILES string of the molecule is C[C@H]1CN(Cc2ccc(CC(=O)N3CCC(Nc4ccc(F)cc4)CC3)cc2)CCN1. The first kappa shape index (κ1) is 21.8. The third kappa shape index (κ3) is 6.28. The second kappa shape index (κ2) is 10.2. The number of nitrogens with zero attached hydrogens (tertiary/aromatic N) is 2. The van der Waals surface area contributed by atoms with E-state index in [0.717, 1.165) is 63.4 Å². The number of benzene rings is 2. The molecular formula is C25H33FN4O. The van der Waals surface area contributed by atoms with Crippen molar-refractivity contribution in [3.63, 3.8) is 0 Å². The molecule has 2 N–H and O–H groups in total. The van der Waals surface area contributed by atoms with Crippen molar-refractivity contribution in [2.24, 2.45) is 0 Å². The third-order valence-electron chi connectivity index (χ3n) is 6.30. The van der Waals surface area contributed by atoms with Gasteiger partial charge in [-0.2, -0.15) is 0 Å². The summed E-state index contributed by atoms with van der Waals surface area (Å²) in [6, 6.07) is 15.8. The molecule has 0 aliphatic carbocycles. The molecule has 31 heavy (non-hydrogen) atoms. The van der Waals surface area contributed by atoms with Gasteiger partial charge in [0.2, 0.25) is 5.91 Å². The van der Waals surface area contributed by atoms with E-state index in [2.05, 4.69) is 46.7 Å². The molecule has 166 valence electrons. The van der Waals surface area contributed by atoms with E-state index in [1.165, 1.54) is 17.7 Å². The second-order valence-electron chi connectivity index (χ2n) is 8.89. The van der Waals surface area contributed by atoms with Crippen LogP contribution in [-0.2, 0) is 17.8 Å². The summed E-state index contributed by atoms with van der Waals surface area (Å²) >= 11 is 0. The fraction of sp³-hybridized carbons (Fsp3) is 0.480. The molecule has 1 atom stereocenters. The molecule has 2 aliphatic rings. The number of carbonyl (C=O) groups excluding carboxylic acids is 1. The smallest absolute Gasteiger partial charge is 0.226 e. The van der Waals surface area contributed by atoms with E-state index in [1.807, 2.05) is 4.90 Å². The molecular weight excluding hydrogens is 391 g/mol. The lowest BCUT2D eigenvalue weighted by Crippen LogP contribution is -2.48. The Hall–Kier alpha value is -2.44. The molecule has 0 bridgehead atoms. The van der Waals surface area contributed by atoms with Crippen LogP contribution in [0.2, 0.25) is 0 Å². The van der Waals surface area contributed by atoms with E-state index in [0.29, 0.717) is 18.5 Å². The number of hydrogen-bond acceptors (Lipinski definition) is 4. The maximum absolute atomic E-state index is 13.0. The minimum atomic E-state index is -0.225. The molecule has 0 radical (unpaired) electrons. The second-order valence-corrected chi connectivity index (χ2v) is 8.89. The van der Waals surface area contributed by atoms with Crippen molar-refractivity contribution < 1.29 is 9.18 Å². The number of anilines is 1. The number of amides is 1. The Kier molecular flexibility index (Phi) is 7.20. The fourth-order valence-electron chi connectivity index (χ4n) is 4.52. The molecule has 5 nitrogen and oxygen atoms in total. The van der Waals surface area contributed by atoms with Crippen molar-refractivity contribution in [3.05, 3.63) is 65.5 Å². The van der Waals surface area contributed by atoms with Crippen molar-refractivity contribution in [1.82, 2.24) is 15.1 Å². The Labute approximate surface area is 184 Å². The highest BCUT2D eigenvalue weighted by Gasteiger charge is 2.23. The lowest BCUT2D eigenvalue weighted by molar-refractivity contribution is -0.131. The van der Waals surface area contributed by atoms with E-state index >= 15 is 0 Å². The summed E-state index contributed by atoms with van der Waals surface area (Å²) in [4.78, 5) is 17.2. The third-order valence-corrected chi connectivity index (χ3v) is 6.30. The van der Waals surface area contributed by atoms with Gasteiger partial charge in [0.25, 0.3) is 0 Å². The molecule has 2 aromatic rings. The Morgan fingerprint density at radius 3 is 2.39 bits per heavy atom. The molecule has 2 aromatic carbocycles. The van der Waals surface area contributed by atoms with Gasteiger partial charge in [0.1, 0.15) is 5.82 Å². The molecule has 0 spiro atoms. The zero-order valence-corrected chi connectivity index (χ0v) is 18.3. The number of likely N-dealkylation sites (tertiary alicyclic amines) is 1. The monoisotopic (exact) mass is 424 g/mol. The molecule has 2 aliphatic heterocycles. The molecule has 2 saturated heterocycles. The van der Waals surface area contributed by atoms with Crippen LogP contribution in [0.25, 0.3) is 0 Å². The van der Waals surface area contributed by atoms with Crippen molar-refractivity contribution >= 4 is 11.6 Å². The average molecular weight is 425 g/mol. The minimum absolute atomic E-state index is 0.198. The topological polar surface area (TPSA) is 47.6 Å². The lowest BCUT2D eigenvalue weighted by Gasteiger charge is -2.33. The van der Waals surface area contributed by atoms with E-state index in [4.69, 9.17) is 0 Å². The van der Waals surface area contributed by atoms with Gasteiger partial charge in [-0.1, -0.05) is 24.3 Å². The number of rotatable bonds is 6. The maximum atomic E-state index is 13.0. The number of piperazine rings is 1. The van der Waals surface area contributed by atoms with E-state index in [1.54, 1.807) is 12.1 Å². The number of piperidine rings is 1. The summed E-state index contributed by atoms with van der Waals surface area (Å²) in [5.41, 5.74) is 3.31. The molecule has 2 fully saturated rings. The molecule has 1 amide bonds. The normalized spacial score (nSPS) is 20.6. The summed E-state index contributed by atoms with van der Waals surface area (Å²) in [6.45, 7) is 7.91. The van der Waals surface area contributed by atoms with Crippen molar-refractivity contribution in [3.8, 4) is 0 Å². The fourth-order valence-corrected chi connectivity index (χ4v) is 4.52. The lowest BCUT2D eigenvalue weighted by atomic mass is 10.0. The number of carbonyl (C=O) groups is 1. The molecule has 4 rings (SSSR count). The predicted octanol–water partition coefficient (Wildman–Crippen LogP) is 3.27. The van der Waals surface area contributed by atoms with Gasteiger partial charge < -0.3 is 15.5 Å². The molecule has 6 heteroatoms. The van der Waals surface area contributed by atoms with E-state index in [9.17, 15) is 9.18 Å². The Bertz CT molecular complexity index is 847. The largest absolute Gasteiger partial charge is 0.382 e. The summed E-state index contributed by atoms with van der Waals surface area (Å²) in [7, 11) is 0. The van der Waals surface area contributed by atoms with Crippen LogP contribution in [0.15, 0.2) is 48.5 Å². The van der Waals surface area contributed by atoms with E-state index in [-0.39, 0.29) is 11.7 Å². The number of hydrogen-bond donors (Lipinski definition) is 2. The van der Waals surface area contributed by atoms with Gasteiger partial charge >= 0.3 is 0 Å². The molecule has 0 aromatic heterocycles. The van der Waals surface area contributed by atoms with Gasteiger partial charge in [-0.25, -0.2) is 4.39 Å². The van der Waals surface area contributed by atoms with Gasteiger partial charge in [-0.3, -0.25) is 9.69 Å². The quantitative estimate of drug-likeness (QED) is 0.747. The predicted molar refractivity (Wildman–Crippen MR) is 123 cm³/mol. The van der Waals surface area contributed by atoms with Crippen LogP contribution < -0.4 is 10.6 Å². The summed E-state index contributed by atoms with van der Waals surface area (Å²) in [5, 5.41) is 6.92. The number of nitrogens with one attached hydrogen (secondary N) is 2. The average Bonchev–Trinajstić information content (AvgIpc) is 2.77. The standard InChI is InChI=1S/C25H33FN4O/c1-19-17-29(15-12-27-19)18-21-4-2-20(3-5-21)16-25(31)30-13-10-24(11-14-30)28-23-8-6-22(26)7-9-23/h2-9,19,24,27-28H,10-18H2,1H3/t19-/m0/s1. The van der Waals surface area contributed by atoms with Crippen molar-refractivity contribution in [2.75, 3.05) is 38.0 Å². The summed E-state index contributed by atoms with van der Waals surface area (Å²) < 4.78 is 13.0. The van der Waals surface area contributed by atoms with Crippen LogP contribution in [0.5, 0.6) is 0 Å². The zero-order chi connectivity index (χ0) is 21.6. The van der Waals surface area contributed by atoms with Crippen LogP contribution >= 0.6 is 0 Å². The van der Waals surface area contributed by atoms with Gasteiger partial charge in [-0.05, 0) is 55.2 Å². The van der Waals surface area contributed by atoms with Crippen LogP contribution in [0.4, 0.5) is 10.1 Å². The highest BCUT2D eigenvalue weighted by molar-refractivity contribution is 5.78. The zero-order valence-electron chi connectivity index (χ0n) is 18.3. The Balaban J connectivity index is 1.22. The van der Waals surface area contributed by atoms with Gasteiger partial charge in [0.05, 0.1) is 6.42 Å². The first-order valence-corrected chi connectivity index (χ1v) is 11.4. The minimum Gasteiger partial charge on any atom is -0.382 e. The van der Waals surface area contributed by atoms with Gasteiger partial charge in [0, 0.05) is 57.0 Å². The van der Waals surface area contributed by atoms with Gasteiger partial charge in [-0.15, -0.1) is 0 Å². The van der Waals surface area contributed by atoms with Crippen LogP contribution in [-0.4, -0.2) is 60.5 Å². The van der Waals surface area contributed by atoms with Crippen molar-refractivity contribution in [1.29, 1.82) is 0 Å². The van der Waals surface area contributed by atoms with Crippen LogP contribution in [0.1, 0.15) is 30.9 Å². The highest BCUT2D eigenvalue weighted by Crippen LogP contribution is 2.18. The van der Waals surface area contributed by atoms with Gasteiger partial charge in [0.15, 0.2) is 0 Å². The Morgan fingerprint density at radius 2 is 1.71 bits per heavy atom. The Morgan fingerprint density at radius 1 is 1.03 bits per heavy atom. The van der Waals surface area contributed by atoms with Crippen LogP contribution in [0, 0.1) is 5.82 Å². The first-order valence-electron chi connectivity index (χ1n) is 11.4. The molecule has 2 heterocycles. The molecule has 0 saturated carbocycles. The maximum Gasteiger partial charge on any atom is 0.226 e. The summed E-state index contributed by atoms with van der Waals surface area (Å²) in [5.74, 6) is -0.0266. The highest BCUT2D eigenvalue weighted by atomic mass is 19.1. The van der Waals surface area contributed by atoms with E-state index < -0.39 is 0 Å². The van der Waals surface area contributed by atoms with Crippen LogP contribution in [0.3, 0.4) is 0 Å². The summed E-state index contributed by atoms with van der Waals surface area (Å²) in [6.07, 6.45) is 2.28. The molecule has 0 unspecified atom stereocenters. The first-order chi connectivity index (χ1) is 15.0. The number of halogens is 1.